The number of rotatable bonds is 9. The third-order valence-corrected chi connectivity index (χ3v) is 6.56. The molecular weight excluding hydrogens is 402 g/mol. The molecule has 1 N–H and O–H groups in total. The van der Waals surface area contributed by atoms with E-state index in [-0.39, 0.29) is 11.9 Å². The Morgan fingerprint density at radius 2 is 1.91 bits per heavy atom. The lowest BCUT2D eigenvalue weighted by Crippen LogP contribution is -2.56. The normalized spacial score (nSPS) is 18.9. The van der Waals surface area contributed by atoms with Crippen LogP contribution in [-0.2, 0) is 11.2 Å². The molecule has 1 saturated carbocycles. The number of hydrogen-bond acceptors (Lipinski definition) is 5. The maximum Gasteiger partial charge on any atom is 0.224 e. The quantitative estimate of drug-likeness (QED) is 0.651. The molecule has 0 radical (unpaired) electrons. The molecule has 1 aliphatic carbocycles. The van der Waals surface area contributed by atoms with Gasteiger partial charge < -0.3 is 24.6 Å². The van der Waals surface area contributed by atoms with E-state index in [4.69, 9.17) is 9.47 Å². The number of methoxy groups -OCH3 is 1. The molecular formula is C26H35N3O3. The van der Waals surface area contributed by atoms with Crippen LogP contribution in [0.2, 0.25) is 0 Å². The molecule has 0 spiro atoms. The molecule has 2 aromatic carbocycles. The van der Waals surface area contributed by atoms with Crippen molar-refractivity contribution in [3.8, 4) is 11.5 Å². The number of carbonyl (C=O) groups is 1. The molecule has 0 unspecified atom stereocenters. The Hall–Kier alpha value is -2.73. The van der Waals surface area contributed by atoms with E-state index >= 15 is 0 Å². The Bertz CT molecular complexity index is 885. The van der Waals surface area contributed by atoms with Gasteiger partial charge in [0, 0.05) is 44.4 Å². The lowest BCUT2D eigenvalue weighted by molar-refractivity contribution is -0.133. The lowest BCUT2D eigenvalue weighted by atomic mass is 9.96. The first kappa shape index (κ1) is 22.5. The van der Waals surface area contributed by atoms with Crippen LogP contribution in [0, 0.1) is 0 Å². The number of piperazine rings is 1. The average Bonchev–Trinajstić information content (AvgIpc) is 2.80. The predicted octanol–water partition coefficient (Wildman–Crippen LogP) is 3.50. The van der Waals surface area contributed by atoms with E-state index in [1.807, 2.05) is 19.2 Å². The maximum atomic E-state index is 12.9. The number of carbonyl (C=O) groups excluding carboxylic acids is 1. The number of nitrogens with zero attached hydrogens (tertiary/aromatic N) is 2. The number of hydrogen-bond donors (Lipinski definition) is 1. The van der Waals surface area contributed by atoms with Crippen LogP contribution in [0.3, 0.4) is 0 Å². The van der Waals surface area contributed by atoms with Gasteiger partial charge in [-0.1, -0.05) is 30.3 Å². The smallest absolute Gasteiger partial charge is 0.224 e. The predicted molar refractivity (Wildman–Crippen MR) is 128 cm³/mol. The maximum absolute atomic E-state index is 12.9. The van der Waals surface area contributed by atoms with E-state index < -0.39 is 0 Å². The topological polar surface area (TPSA) is 54.0 Å². The third-order valence-electron chi connectivity index (χ3n) is 6.56. The van der Waals surface area contributed by atoms with E-state index in [1.54, 1.807) is 7.11 Å². The van der Waals surface area contributed by atoms with Crippen molar-refractivity contribution in [1.82, 2.24) is 10.2 Å². The standard InChI is InChI=1S/C26H35N3O3/c1-27-14-13-26(30)29-16-15-28(19-22(29)17-20-7-4-3-5-8-20)21-11-12-24(31-2)25(18-21)32-23-9-6-10-23/h3-5,7-8,11-12,18,22-23,27H,6,9-10,13-17,19H2,1-2H3/t22-/m0/s1. The van der Waals surface area contributed by atoms with E-state index in [0.29, 0.717) is 19.1 Å². The Balaban J connectivity index is 1.52. The molecule has 172 valence electrons. The van der Waals surface area contributed by atoms with Gasteiger partial charge in [-0.05, 0) is 50.4 Å². The highest BCUT2D eigenvalue weighted by Gasteiger charge is 2.31. The first-order valence-corrected chi connectivity index (χ1v) is 11.8. The molecule has 4 rings (SSSR count). The summed E-state index contributed by atoms with van der Waals surface area (Å²) in [7, 11) is 3.58. The zero-order chi connectivity index (χ0) is 22.3. The molecule has 0 bridgehead atoms. The van der Waals surface area contributed by atoms with Gasteiger partial charge in [0.25, 0.3) is 0 Å². The molecule has 2 aliphatic rings. The van der Waals surface area contributed by atoms with Crippen molar-refractivity contribution in [3.63, 3.8) is 0 Å². The van der Waals surface area contributed by atoms with Crippen LogP contribution in [0.4, 0.5) is 5.69 Å². The molecule has 32 heavy (non-hydrogen) atoms. The van der Waals surface area contributed by atoms with Gasteiger partial charge >= 0.3 is 0 Å². The van der Waals surface area contributed by atoms with Crippen LogP contribution in [0.1, 0.15) is 31.2 Å². The highest BCUT2D eigenvalue weighted by molar-refractivity contribution is 5.77. The Morgan fingerprint density at radius 1 is 1.09 bits per heavy atom. The number of anilines is 1. The van der Waals surface area contributed by atoms with Gasteiger partial charge in [0.1, 0.15) is 0 Å². The lowest BCUT2D eigenvalue weighted by Gasteiger charge is -2.43. The van der Waals surface area contributed by atoms with Crippen LogP contribution in [0.15, 0.2) is 48.5 Å². The fraction of sp³-hybridized carbons (Fsp3) is 0.500. The average molecular weight is 438 g/mol. The molecule has 1 heterocycles. The molecule has 0 aromatic heterocycles. The second-order valence-corrected chi connectivity index (χ2v) is 8.74. The van der Waals surface area contributed by atoms with Gasteiger partial charge in [-0.3, -0.25) is 4.79 Å². The molecule has 2 fully saturated rings. The van der Waals surface area contributed by atoms with Gasteiger partial charge in [-0.25, -0.2) is 0 Å². The van der Waals surface area contributed by atoms with Crippen molar-refractivity contribution >= 4 is 11.6 Å². The minimum atomic E-state index is 0.133. The Morgan fingerprint density at radius 3 is 2.59 bits per heavy atom. The summed E-state index contributed by atoms with van der Waals surface area (Å²) in [5, 5.41) is 3.10. The fourth-order valence-electron chi connectivity index (χ4n) is 4.48. The second kappa shape index (κ2) is 10.7. The van der Waals surface area contributed by atoms with Gasteiger partial charge in [-0.2, -0.15) is 0 Å². The first-order valence-electron chi connectivity index (χ1n) is 11.8. The van der Waals surface area contributed by atoms with Gasteiger partial charge in [0.05, 0.1) is 19.3 Å². The molecule has 6 heteroatoms. The zero-order valence-corrected chi connectivity index (χ0v) is 19.3. The van der Waals surface area contributed by atoms with E-state index in [2.05, 4.69) is 51.5 Å². The number of benzene rings is 2. The van der Waals surface area contributed by atoms with E-state index in [9.17, 15) is 4.79 Å². The van der Waals surface area contributed by atoms with Crippen molar-refractivity contribution in [2.24, 2.45) is 0 Å². The number of nitrogens with one attached hydrogen (secondary N) is 1. The zero-order valence-electron chi connectivity index (χ0n) is 19.3. The molecule has 2 aromatic rings. The summed E-state index contributed by atoms with van der Waals surface area (Å²) in [4.78, 5) is 17.4. The van der Waals surface area contributed by atoms with Crippen molar-refractivity contribution < 1.29 is 14.3 Å². The third kappa shape index (κ3) is 5.36. The number of amides is 1. The molecule has 1 saturated heterocycles. The van der Waals surface area contributed by atoms with Crippen LogP contribution >= 0.6 is 0 Å². The van der Waals surface area contributed by atoms with Crippen molar-refractivity contribution in [2.75, 3.05) is 45.2 Å². The summed E-state index contributed by atoms with van der Waals surface area (Å²) in [6.07, 6.45) is 5.14. The monoisotopic (exact) mass is 437 g/mol. The fourth-order valence-corrected chi connectivity index (χ4v) is 4.48. The highest BCUT2D eigenvalue weighted by atomic mass is 16.5. The number of ether oxygens (including phenoxy) is 2. The van der Waals surface area contributed by atoms with Crippen molar-refractivity contribution in [2.45, 2.75) is 44.2 Å². The Labute approximate surface area is 191 Å². The minimum Gasteiger partial charge on any atom is -0.493 e. The molecule has 1 amide bonds. The summed E-state index contributed by atoms with van der Waals surface area (Å²) in [6, 6.07) is 16.8. The van der Waals surface area contributed by atoms with Crippen molar-refractivity contribution in [1.29, 1.82) is 0 Å². The summed E-state index contributed by atoms with van der Waals surface area (Å²) in [5.74, 6) is 1.83. The van der Waals surface area contributed by atoms with Gasteiger partial charge in [0.15, 0.2) is 11.5 Å². The van der Waals surface area contributed by atoms with Gasteiger partial charge in [-0.15, -0.1) is 0 Å². The van der Waals surface area contributed by atoms with E-state index in [0.717, 1.165) is 56.1 Å². The summed E-state index contributed by atoms with van der Waals surface area (Å²) < 4.78 is 11.7. The summed E-state index contributed by atoms with van der Waals surface area (Å²) in [6.45, 7) is 3.05. The summed E-state index contributed by atoms with van der Waals surface area (Å²) >= 11 is 0. The van der Waals surface area contributed by atoms with Crippen LogP contribution in [0.5, 0.6) is 11.5 Å². The van der Waals surface area contributed by atoms with E-state index in [1.165, 1.54) is 12.0 Å². The summed E-state index contributed by atoms with van der Waals surface area (Å²) in [5.41, 5.74) is 2.38. The molecule has 1 atom stereocenters. The molecule has 6 nitrogen and oxygen atoms in total. The molecule has 1 aliphatic heterocycles. The van der Waals surface area contributed by atoms with Crippen molar-refractivity contribution in [3.05, 3.63) is 54.1 Å². The largest absolute Gasteiger partial charge is 0.493 e. The van der Waals surface area contributed by atoms with Gasteiger partial charge in [0.2, 0.25) is 5.91 Å². The van der Waals surface area contributed by atoms with Crippen LogP contribution in [0.25, 0.3) is 0 Å². The Kier molecular flexibility index (Phi) is 7.53. The second-order valence-electron chi connectivity index (χ2n) is 8.74. The van der Waals surface area contributed by atoms with Crippen LogP contribution < -0.4 is 19.7 Å². The van der Waals surface area contributed by atoms with Crippen LogP contribution in [-0.4, -0.2) is 63.3 Å². The highest BCUT2D eigenvalue weighted by Crippen LogP contribution is 2.36. The SMILES string of the molecule is CNCCC(=O)N1CCN(c2ccc(OC)c(OC3CCC3)c2)C[C@@H]1Cc1ccccc1. The first-order chi connectivity index (χ1) is 15.7. The minimum absolute atomic E-state index is 0.133.